The lowest BCUT2D eigenvalue weighted by molar-refractivity contribution is -0.139. The van der Waals surface area contributed by atoms with Crippen molar-refractivity contribution in [3.63, 3.8) is 0 Å². The summed E-state index contributed by atoms with van der Waals surface area (Å²) in [6.07, 6.45) is 0.170. The van der Waals surface area contributed by atoms with E-state index in [4.69, 9.17) is 14.2 Å². The van der Waals surface area contributed by atoms with Crippen LogP contribution in [0.2, 0.25) is 0 Å². The molecule has 0 unspecified atom stereocenters. The lowest BCUT2D eigenvalue weighted by Crippen LogP contribution is -2.35. The molecule has 0 radical (unpaired) electrons. The van der Waals surface area contributed by atoms with Crippen LogP contribution in [0.15, 0.2) is 36.4 Å². The van der Waals surface area contributed by atoms with E-state index in [9.17, 15) is 9.59 Å². The Balaban J connectivity index is 0.000000385. The van der Waals surface area contributed by atoms with Crippen LogP contribution >= 0.6 is 0 Å². The van der Waals surface area contributed by atoms with Gasteiger partial charge in [-0.3, -0.25) is 4.79 Å². The number of nitrogens with one attached hydrogen (secondary N) is 2. The maximum atomic E-state index is 10.9. The SMILES string of the molecule is CNCc1ccc(OC)c(Cc2cccc(C)c2)c1OC.COC(=O)CNC(=O)OC(C)(C)C. The number of esters is 1. The maximum absolute atomic E-state index is 10.9. The molecule has 8 nitrogen and oxygen atoms in total. The second-order valence-electron chi connectivity index (χ2n) is 8.57. The van der Waals surface area contributed by atoms with E-state index in [1.54, 1.807) is 35.0 Å². The molecule has 34 heavy (non-hydrogen) atoms. The van der Waals surface area contributed by atoms with Crippen LogP contribution in [0, 0.1) is 6.92 Å². The molecule has 2 aromatic rings. The number of rotatable bonds is 8. The Morgan fingerprint density at radius 3 is 2.24 bits per heavy atom. The highest BCUT2D eigenvalue weighted by molar-refractivity contribution is 5.77. The normalized spacial score (nSPS) is 10.5. The third-order valence-corrected chi connectivity index (χ3v) is 4.56. The van der Waals surface area contributed by atoms with Crippen molar-refractivity contribution >= 4 is 12.1 Å². The number of carbonyl (C=O) groups excluding carboxylic acids is 2. The average molecular weight is 475 g/mol. The Bertz CT molecular complexity index is 937. The molecule has 0 bridgehead atoms. The van der Waals surface area contributed by atoms with Crippen LogP contribution in [0.1, 0.15) is 43.0 Å². The van der Waals surface area contributed by atoms with Gasteiger partial charge in [0.1, 0.15) is 23.6 Å². The molecule has 0 aliphatic rings. The molecular formula is C26H38N2O6. The molecule has 8 heteroatoms. The van der Waals surface area contributed by atoms with Crippen molar-refractivity contribution in [1.29, 1.82) is 0 Å². The van der Waals surface area contributed by atoms with Crippen molar-refractivity contribution < 1.29 is 28.5 Å². The molecule has 1 amide bonds. The van der Waals surface area contributed by atoms with Gasteiger partial charge in [-0.05, 0) is 46.4 Å². The molecule has 188 valence electrons. The zero-order valence-corrected chi connectivity index (χ0v) is 21.5. The number of aryl methyl sites for hydroxylation is 1. The van der Waals surface area contributed by atoms with Crippen LogP contribution in [0.3, 0.4) is 0 Å². The van der Waals surface area contributed by atoms with Crippen LogP contribution < -0.4 is 20.1 Å². The van der Waals surface area contributed by atoms with Gasteiger partial charge in [-0.1, -0.05) is 35.9 Å². The van der Waals surface area contributed by atoms with Crippen molar-refractivity contribution in [1.82, 2.24) is 10.6 Å². The summed E-state index contributed by atoms with van der Waals surface area (Å²) < 4.78 is 20.4. The lowest BCUT2D eigenvalue weighted by atomic mass is 9.99. The third kappa shape index (κ3) is 10.1. The fraction of sp³-hybridized carbons (Fsp3) is 0.462. The number of hydrogen-bond donors (Lipinski definition) is 2. The number of hydrogen-bond acceptors (Lipinski definition) is 7. The number of methoxy groups -OCH3 is 3. The summed E-state index contributed by atoms with van der Waals surface area (Å²) in [5.74, 6) is 1.27. The number of benzene rings is 2. The monoisotopic (exact) mass is 474 g/mol. The summed E-state index contributed by atoms with van der Waals surface area (Å²) in [6, 6.07) is 12.6. The molecule has 0 fully saturated rings. The largest absolute Gasteiger partial charge is 0.496 e. The lowest BCUT2D eigenvalue weighted by Gasteiger charge is -2.19. The summed E-state index contributed by atoms with van der Waals surface area (Å²) in [7, 11) is 6.60. The van der Waals surface area contributed by atoms with Crippen molar-refractivity contribution in [2.24, 2.45) is 0 Å². The topological polar surface area (TPSA) is 95.1 Å². The van der Waals surface area contributed by atoms with E-state index >= 15 is 0 Å². The molecule has 2 rings (SSSR count). The fourth-order valence-corrected chi connectivity index (χ4v) is 3.16. The minimum Gasteiger partial charge on any atom is -0.496 e. The highest BCUT2D eigenvalue weighted by atomic mass is 16.6. The Kier molecular flexibility index (Phi) is 11.9. The summed E-state index contributed by atoms with van der Waals surface area (Å²) in [6.45, 7) is 7.93. The Morgan fingerprint density at radius 2 is 1.71 bits per heavy atom. The molecule has 0 heterocycles. The minimum absolute atomic E-state index is 0.175. The summed E-state index contributed by atoms with van der Waals surface area (Å²) in [5, 5.41) is 5.43. The van der Waals surface area contributed by atoms with Gasteiger partial charge in [0.05, 0.1) is 21.3 Å². The Hall–Kier alpha value is -3.26. The molecular weight excluding hydrogens is 436 g/mol. The molecule has 2 aromatic carbocycles. The van der Waals surface area contributed by atoms with E-state index in [0.717, 1.165) is 35.6 Å². The van der Waals surface area contributed by atoms with Gasteiger partial charge < -0.3 is 29.6 Å². The van der Waals surface area contributed by atoms with Crippen molar-refractivity contribution in [2.75, 3.05) is 34.9 Å². The van der Waals surface area contributed by atoms with Crippen LogP contribution in [-0.2, 0) is 27.2 Å². The molecule has 2 N–H and O–H groups in total. The fourth-order valence-electron chi connectivity index (χ4n) is 3.16. The van der Waals surface area contributed by atoms with Crippen molar-refractivity contribution in [2.45, 2.75) is 46.3 Å². The number of carbonyl (C=O) groups is 2. The molecule has 0 aliphatic carbocycles. The molecule has 0 spiro atoms. The van der Waals surface area contributed by atoms with Gasteiger partial charge in [-0.2, -0.15) is 0 Å². The number of alkyl carbamates (subject to hydrolysis) is 1. The zero-order valence-electron chi connectivity index (χ0n) is 21.5. The molecule has 0 aliphatic heterocycles. The second kappa shape index (κ2) is 14.1. The van der Waals surface area contributed by atoms with E-state index in [2.05, 4.69) is 46.6 Å². The van der Waals surface area contributed by atoms with Gasteiger partial charge in [-0.25, -0.2) is 4.79 Å². The predicted molar refractivity (Wildman–Crippen MR) is 133 cm³/mol. The smallest absolute Gasteiger partial charge is 0.408 e. The Labute approximate surface area is 202 Å². The van der Waals surface area contributed by atoms with Gasteiger partial charge in [0, 0.05) is 24.1 Å². The van der Waals surface area contributed by atoms with E-state index in [-0.39, 0.29) is 6.54 Å². The van der Waals surface area contributed by atoms with Crippen molar-refractivity contribution in [3.8, 4) is 11.5 Å². The van der Waals surface area contributed by atoms with E-state index in [0.29, 0.717) is 0 Å². The maximum Gasteiger partial charge on any atom is 0.408 e. The van der Waals surface area contributed by atoms with Gasteiger partial charge in [0.2, 0.25) is 0 Å². The first kappa shape index (κ1) is 28.8. The van der Waals surface area contributed by atoms with E-state index < -0.39 is 17.7 Å². The van der Waals surface area contributed by atoms with Gasteiger partial charge in [0.25, 0.3) is 0 Å². The standard InChI is InChI=1S/C18H23NO2.C8H15NO4/c1-13-6-5-7-14(10-13)11-16-17(20-3)9-8-15(12-19-2)18(16)21-4;1-8(2,3)13-7(11)9-5-6(10)12-4/h5-10,19H,11-12H2,1-4H3;5H2,1-4H3,(H,9,11). The number of ether oxygens (including phenoxy) is 4. The summed E-state index contributed by atoms with van der Waals surface area (Å²) >= 11 is 0. The predicted octanol–water partition coefficient (Wildman–Crippen LogP) is 4.01. The van der Waals surface area contributed by atoms with Gasteiger partial charge >= 0.3 is 12.1 Å². The molecule has 0 saturated carbocycles. The van der Waals surface area contributed by atoms with Gasteiger partial charge in [0.15, 0.2) is 0 Å². The van der Waals surface area contributed by atoms with Gasteiger partial charge in [-0.15, -0.1) is 0 Å². The second-order valence-corrected chi connectivity index (χ2v) is 8.57. The first-order chi connectivity index (χ1) is 16.0. The van der Waals surface area contributed by atoms with Crippen LogP contribution in [0.4, 0.5) is 4.79 Å². The van der Waals surface area contributed by atoms with E-state index in [1.165, 1.54) is 18.2 Å². The average Bonchev–Trinajstić information content (AvgIpc) is 2.77. The molecule has 0 aromatic heterocycles. The van der Waals surface area contributed by atoms with Crippen molar-refractivity contribution in [3.05, 3.63) is 58.7 Å². The Morgan fingerprint density at radius 1 is 1.00 bits per heavy atom. The van der Waals surface area contributed by atoms with Crippen LogP contribution in [0.5, 0.6) is 11.5 Å². The first-order valence-corrected chi connectivity index (χ1v) is 11.0. The minimum atomic E-state index is -0.627. The quantitative estimate of drug-likeness (QED) is 0.558. The number of amides is 1. The van der Waals surface area contributed by atoms with Crippen LogP contribution in [0.25, 0.3) is 0 Å². The third-order valence-electron chi connectivity index (χ3n) is 4.56. The zero-order chi connectivity index (χ0) is 25.7. The highest BCUT2D eigenvalue weighted by Gasteiger charge is 2.17. The molecule has 0 atom stereocenters. The van der Waals surface area contributed by atoms with Crippen LogP contribution in [-0.4, -0.2) is 52.6 Å². The first-order valence-electron chi connectivity index (χ1n) is 11.0. The molecule has 0 saturated heterocycles. The van der Waals surface area contributed by atoms with E-state index in [1.807, 2.05) is 19.2 Å². The highest BCUT2D eigenvalue weighted by Crippen LogP contribution is 2.34. The summed E-state index contributed by atoms with van der Waals surface area (Å²) in [4.78, 5) is 21.5. The summed E-state index contributed by atoms with van der Waals surface area (Å²) in [5.41, 5.74) is 4.20.